The third kappa shape index (κ3) is 5.16. The van der Waals surface area contributed by atoms with Crippen molar-refractivity contribution >= 4 is 23.7 Å². The molecule has 0 bridgehead atoms. The van der Waals surface area contributed by atoms with Crippen LogP contribution in [-0.4, -0.2) is 11.5 Å². The molecule has 0 aliphatic carbocycles. The molecule has 0 aromatic rings. The van der Waals surface area contributed by atoms with E-state index >= 15 is 0 Å². The van der Waals surface area contributed by atoms with Gasteiger partial charge in [-0.05, 0) is 12.2 Å². The Kier molecular flexibility index (Phi) is 2.95. The van der Waals surface area contributed by atoms with Gasteiger partial charge in [-0.1, -0.05) is 0 Å². The van der Waals surface area contributed by atoms with Crippen molar-refractivity contribution in [2.45, 2.75) is 0 Å². The zero-order chi connectivity index (χ0) is 5.70. The van der Waals surface area contributed by atoms with Gasteiger partial charge in [0, 0.05) is 0 Å². The van der Waals surface area contributed by atoms with E-state index in [1.807, 2.05) is 0 Å². The summed E-state index contributed by atoms with van der Waals surface area (Å²) in [6, 6.07) is 0. The lowest BCUT2D eigenvalue weighted by molar-refractivity contribution is -0.110. The van der Waals surface area contributed by atoms with E-state index < -0.39 is 0 Å². The van der Waals surface area contributed by atoms with Crippen LogP contribution in [0, 0.1) is 0 Å². The van der Waals surface area contributed by atoms with Gasteiger partial charge in [-0.15, -0.1) is 0 Å². The first-order valence-electron chi connectivity index (χ1n) is 1.52. The van der Waals surface area contributed by atoms with Crippen molar-refractivity contribution in [2.75, 3.05) is 0 Å². The maximum absolute atomic E-state index is 9.42. The molecule has 0 atom stereocenters. The lowest BCUT2D eigenvalue weighted by Crippen LogP contribution is -2.39. The van der Waals surface area contributed by atoms with E-state index in [4.69, 9.17) is 5.73 Å². The molecule has 0 spiro atoms. The van der Waals surface area contributed by atoms with Crippen LogP contribution < -0.4 is 16.6 Å². The Morgan fingerprint density at radius 1 is 1.86 bits per heavy atom. The molecule has 1 amide bonds. The molecule has 4 N–H and O–H groups in total. The molecule has 7 heavy (non-hydrogen) atoms. The molecule has 4 nitrogen and oxygen atoms in total. The quantitative estimate of drug-likeness (QED) is 0.234. The molecular weight excluding hydrogens is 114 g/mol. The maximum atomic E-state index is 9.42. The lowest BCUT2D eigenvalue weighted by atomic mass is 11.2. The van der Waals surface area contributed by atoms with Gasteiger partial charge in [-0.25, -0.2) is 0 Å². The van der Waals surface area contributed by atoms with Crippen LogP contribution in [0.5, 0.6) is 0 Å². The van der Waals surface area contributed by atoms with Crippen LogP contribution in [0.25, 0.3) is 0 Å². The fourth-order valence-corrected chi connectivity index (χ4v) is 0.160. The zero-order valence-corrected chi connectivity index (χ0v) is 4.29. The van der Waals surface area contributed by atoms with Gasteiger partial charge in [0.05, 0.1) is 0 Å². The molecule has 0 heterocycles. The Labute approximate surface area is 46.0 Å². The summed E-state index contributed by atoms with van der Waals surface area (Å²) in [5.74, 6) is 0. The standard InChI is InChI=1S/C2H5N3OS/c3-2(7)5-4-1-6/h1H,(H,4,6)(H3,3,5,7). The summed E-state index contributed by atoms with van der Waals surface area (Å²) >= 11 is 4.31. The second kappa shape index (κ2) is 3.35. The predicted molar refractivity (Wildman–Crippen MR) is 29.1 cm³/mol. The summed E-state index contributed by atoms with van der Waals surface area (Å²) < 4.78 is 0. The van der Waals surface area contributed by atoms with Crippen molar-refractivity contribution < 1.29 is 4.79 Å². The van der Waals surface area contributed by atoms with Crippen LogP contribution in [0.3, 0.4) is 0 Å². The molecule has 0 rings (SSSR count). The van der Waals surface area contributed by atoms with Gasteiger partial charge in [0.2, 0.25) is 6.41 Å². The topological polar surface area (TPSA) is 67.2 Å². The first-order valence-corrected chi connectivity index (χ1v) is 1.93. The van der Waals surface area contributed by atoms with E-state index in [1.54, 1.807) is 0 Å². The second-order valence-corrected chi connectivity index (χ2v) is 1.19. The van der Waals surface area contributed by atoms with Gasteiger partial charge in [-0.2, -0.15) is 0 Å². The number of hydrazine groups is 1. The number of hydrogen-bond acceptors (Lipinski definition) is 2. The number of carbonyl (C=O) groups excluding carboxylic acids is 1. The number of thiocarbonyl (C=S) groups is 1. The maximum Gasteiger partial charge on any atom is 0.225 e. The summed E-state index contributed by atoms with van der Waals surface area (Å²) in [6.45, 7) is 0. The Morgan fingerprint density at radius 3 is 2.57 bits per heavy atom. The van der Waals surface area contributed by atoms with E-state index in [0.29, 0.717) is 6.41 Å². The summed E-state index contributed by atoms with van der Waals surface area (Å²) in [4.78, 5) is 9.42. The lowest BCUT2D eigenvalue weighted by Gasteiger charge is -1.95. The zero-order valence-electron chi connectivity index (χ0n) is 3.47. The average Bonchev–Trinajstić information content (AvgIpc) is 1.61. The first-order chi connectivity index (χ1) is 3.27. The summed E-state index contributed by atoms with van der Waals surface area (Å²) in [6.07, 6.45) is 0.444. The smallest absolute Gasteiger partial charge is 0.225 e. The van der Waals surface area contributed by atoms with E-state index in [-0.39, 0.29) is 5.11 Å². The average molecular weight is 119 g/mol. The highest BCUT2D eigenvalue weighted by molar-refractivity contribution is 7.80. The number of carbonyl (C=O) groups is 1. The highest BCUT2D eigenvalue weighted by Gasteiger charge is 1.75. The Balaban J connectivity index is 2.97. The van der Waals surface area contributed by atoms with Gasteiger partial charge in [0.1, 0.15) is 0 Å². The van der Waals surface area contributed by atoms with Crippen molar-refractivity contribution in [2.24, 2.45) is 5.73 Å². The van der Waals surface area contributed by atoms with Gasteiger partial charge >= 0.3 is 0 Å². The van der Waals surface area contributed by atoms with Gasteiger partial charge < -0.3 is 5.73 Å². The van der Waals surface area contributed by atoms with Crippen molar-refractivity contribution in [3.05, 3.63) is 0 Å². The summed E-state index contributed by atoms with van der Waals surface area (Å²) in [5.41, 5.74) is 9.11. The number of hydrogen-bond donors (Lipinski definition) is 3. The number of rotatable bonds is 2. The monoisotopic (exact) mass is 119 g/mol. The SMILES string of the molecule is NC(=S)NNC=O. The molecule has 0 aromatic carbocycles. The molecule has 0 saturated carbocycles. The fourth-order valence-electron chi connectivity index (χ4n) is 0.101. The summed E-state index contributed by atoms with van der Waals surface area (Å²) in [7, 11) is 0. The molecule has 40 valence electrons. The van der Waals surface area contributed by atoms with E-state index in [1.165, 1.54) is 0 Å². The first kappa shape index (κ1) is 6.16. The molecule has 0 radical (unpaired) electrons. The van der Waals surface area contributed by atoms with Gasteiger partial charge in [-0.3, -0.25) is 15.6 Å². The molecular formula is C2H5N3OS. The Morgan fingerprint density at radius 2 is 2.43 bits per heavy atom. The molecule has 0 aliphatic rings. The number of amides is 1. The molecule has 0 fully saturated rings. The minimum Gasteiger partial charge on any atom is -0.375 e. The van der Waals surface area contributed by atoms with Crippen LogP contribution in [-0.2, 0) is 4.79 Å². The fraction of sp³-hybridized carbons (Fsp3) is 0. The minimum absolute atomic E-state index is 0.0482. The normalized spacial score (nSPS) is 6.86. The van der Waals surface area contributed by atoms with E-state index in [0.717, 1.165) is 0 Å². The van der Waals surface area contributed by atoms with Crippen molar-refractivity contribution in [3.63, 3.8) is 0 Å². The van der Waals surface area contributed by atoms with Crippen molar-refractivity contribution in [3.8, 4) is 0 Å². The Hall–Kier alpha value is -0.840. The third-order valence-corrected chi connectivity index (χ3v) is 0.356. The van der Waals surface area contributed by atoms with E-state index in [9.17, 15) is 4.79 Å². The van der Waals surface area contributed by atoms with Crippen LogP contribution >= 0.6 is 12.2 Å². The van der Waals surface area contributed by atoms with Crippen molar-refractivity contribution in [1.29, 1.82) is 0 Å². The molecule has 5 heteroatoms. The highest BCUT2D eigenvalue weighted by Crippen LogP contribution is 1.45. The Bertz CT molecular complexity index is 83.0. The second-order valence-electron chi connectivity index (χ2n) is 0.751. The molecule has 0 unspecified atom stereocenters. The predicted octanol–water partition coefficient (Wildman–Crippen LogP) is -1.52. The number of nitrogens with one attached hydrogen (secondary N) is 2. The molecule has 0 saturated heterocycles. The van der Waals surface area contributed by atoms with Crippen LogP contribution in [0.1, 0.15) is 0 Å². The molecule has 0 aliphatic heterocycles. The van der Waals surface area contributed by atoms with Crippen molar-refractivity contribution in [1.82, 2.24) is 10.9 Å². The van der Waals surface area contributed by atoms with Crippen LogP contribution in [0.15, 0.2) is 0 Å². The van der Waals surface area contributed by atoms with Crippen LogP contribution in [0.4, 0.5) is 0 Å². The molecule has 0 aromatic heterocycles. The minimum atomic E-state index is 0.0482. The number of nitrogens with two attached hydrogens (primary N) is 1. The van der Waals surface area contributed by atoms with Crippen LogP contribution in [0.2, 0.25) is 0 Å². The highest BCUT2D eigenvalue weighted by atomic mass is 32.1. The van der Waals surface area contributed by atoms with Gasteiger partial charge in [0.15, 0.2) is 5.11 Å². The van der Waals surface area contributed by atoms with E-state index in [2.05, 4.69) is 23.1 Å². The largest absolute Gasteiger partial charge is 0.375 e. The van der Waals surface area contributed by atoms with Gasteiger partial charge in [0.25, 0.3) is 0 Å². The summed E-state index contributed by atoms with van der Waals surface area (Å²) in [5, 5.41) is 0.0482. The third-order valence-electron chi connectivity index (χ3n) is 0.254.